The van der Waals surface area contributed by atoms with E-state index >= 15 is 4.39 Å². The van der Waals surface area contributed by atoms with E-state index in [9.17, 15) is 13.2 Å². The fourth-order valence-corrected chi connectivity index (χ4v) is 8.24. The summed E-state index contributed by atoms with van der Waals surface area (Å²) in [5.41, 5.74) is 6.48. The zero-order valence-corrected chi connectivity index (χ0v) is 24.6. The van der Waals surface area contributed by atoms with Crippen molar-refractivity contribution in [3.05, 3.63) is 76.1 Å². The predicted molar refractivity (Wildman–Crippen MR) is 157 cm³/mol. The van der Waals surface area contributed by atoms with E-state index in [2.05, 4.69) is 0 Å². The van der Waals surface area contributed by atoms with Crippen LogP contribution in [-0.2, 0) is 21.1 Å². The highest BCUT2D eigenvalue weighted by molar-refractivity contribution is 7.91. The first-order valence-electron chi connectivity index (χ1n) is 14.5. The maximum atomic E-state index is 15.3. The molecule has 7 nitrogen and oxygen atoms in total. The van der Waals surface area contributed by atoms with Gasteiger partial charge in [0, 0.05) is 23.1 Å². The van der Waals surface area contributed by atoms with Crippen LogP contribution in [0.2, 0.25) is 0 Å². The van der Waals surface area contributed by atoms with E-state index in [0.29, 0.717) is 56.0 Å². The second kappa shape index (κ2) is 11.2. The molecule has 0 spiro atoms. The number of carboxylic acids is 1. The Hall–Kier alpha value is -3.59. The van der Waals surface area contributed by atoms with Crippen LogP contribution in [0.1, 0.15) is 65.5 Å². The lowest BCUT2D eigenvalue weighted by atomic mass is 9.90. The first-order valence-corrected chi connectivity index (χ1v) is 16.3. The van der Waals surface area contributed by atoms with Crippen molar-refractivity contribution in [3.8, 4) is 28.4 Å². The number of carboxylic acid groups (broad SMARTS) is 1. The fraction of sp³-hybridized carbons (Fsp3) is 0.424. The third-order valence-electron chi connectivity index (χ3n) is 8.78. The van der Waals surface area contributed by atoms with Crippen LogP contribution in [0.3, 0.4) is 0 Å². The highest BCUT2D eigenvalue weighted by Crippen LogP contribution is 2.45. The van der Waals surface area contributed by atoms with Gasteiger partial charge in [0.1, 0.15) is 39.0 Å². The van der Waals surface area contributed by atoms with Crippen molar-refractivity contribution in [1.29, 1.82) is 0 Å². The standard InChI is InChI=1S/C33H35FO7S/c1-19-13-24(39-17-21-9-11-42(37,38)12-10-21)14-20(2)32(19)26-5-7-28(34)33-27(26)6-8-29(33)41-23-3-4-25-22(15-31(35)36)18-40-30(25)16-23/h3-5,7,13-14,16,21-22,29H,6,8-12,15,17-18H2,1-2H3,(H,35,36)/t22-,29-/m1/s1. The van der Waals surface area contributed by atoms with E-state index in [1.165, 1.54) is 6.07 Å². The lowest BCUT2D eigenvalue weighted by molar-refractivity contribution is -0.137. The summed E-state index contributed by atoms with van der Waals surface area (Å²) in [6.07, 6.45) is 2.14. The topological polar surface area (TPSA) is 99.1 Å². The number of carbonyl (C=O) groups is 1. The molecule has 1 N–H and O–H groups in total. The quantitative estimate of drug-likeness (QED) is 0.325. The molecule has 42 heavy (non-hydrogen) atoms. The van der Waals surface area contributed by atoms with Crippen LogP contribution in [0.25, 0.3) is 11.1 Å². The Morgan fingerprint density at radius 3 is 2.48 bits per heavy atom. The van der Waals surface area contributed by atoms with Crippen molar-refractivity contribution >= 4 is 15.8 Å². The summed E-state index contributed by atoms with van der Waals surface area (Å²) in [6.45, 7) is 4.88. The van der Waals surface area contributed by atoms with E-state index in [4.69, 9.17) is 19.3 Å². The van der Waals surface area contributed by atoms with Gasteiger partial charge >= 0.3 is 5.97 Å². The Balaban J connectivity index is 1.20. The molecule has 0 aromatic heterocycles. The molecule has 222 valence electrons. The van der Waals surface area contributed by atoms with E-state index in [1.54, 1.807) is 12.1 Å². The van der Waals surface area contributed by atoms with Gasteiger partial charge in [-0.3, -0.25) is 4.79 Å². The van der Waals surface area contributed by atoms with E-state index in [0.717, 1.165) is 39.1 Å². The number of aryl methyl sites for hydroxylation is 2. The van der Waals surface area contributed by atoms with Crippen LogP contribution in [0.4, 0.5) is 4.39 Å². The van der Waals surface area contributed by atoms with Gasteiger partial charge in [0.15, 0.2) is 0 Å². The van der Waals surface area contributed by atoms with Crippen molar-refractivity contribution < 1.29 is 36.9 Å². The van der Waals surface area contributed by atoms with Gasteiger partial charge in [0.25, 0.3) is 0 Å². The Morgan fingerprint density at radius 2 is 1.76 bits per heavy atom. The van der Waals surface area contributed by atoms with E-state index in [1.807, 2.05) is 38.1 Å². The summed E-state index contributed by atoms with van der Waals surface area (Å²) in [7, 11) is -2.90. The first kappa shape index (κ1) is 28.5. The monoisotopic (exact) mass is 594 g/mol. The van der Waals surface area contributed by atoms with Crippen LogP contribution in [0.5, 0.6) is 17.2 Å². The zero-order chi connectivity index (χ0) is 29.6. The number of hydrogen-bond acceptors (Lipinski definition) is 6. The van der Waals surface area contributed by atoms with E-state index in [-0.39, 0.29) is 35.6 Å². The number of fused-ring (bicyclic) bond motifs is 2. The zero-order valence-electron chi connectivity index (χ0n) is 23.8. The molecule has 2 atom stereocenters. The van der Waals surface area contributed by atoms with Gasteiger partial charge < -0.3 is 19.3 Å². The summed E-state index contributed by atoms with van der Waals surface area (Å²) in [6, 6.07) is 12.8. The van der Waals surface area contributed by atoms with Gasteiger partial charge in [-0.1, -0.05) is 12.1 Å². The molecule has 3 aliphatic rings. The average Bonchev–Trinajstić information content (AvgIpc) is 3.53. The number of sulfone groups is 1. The molecule has 2 aliphatic heterocycles. The number of aliphatic carboxylic acids is 1. The van der Waals surface area contributed by atoms with Crippen molar-refractivity contribution in [1.82, 2.24) is 0 Å². The summed E-state index contributed by atoms with van der Waals surface area (Å²) < 4.78 is 56.9. The molecule has 0 unspecified atom stereocenters. The minimum Gasteiger partial charge on any atom is -0.493 e. The maximum absolute atomic E-state index is 15.3. The molecule has 3 aromatic rings. The molecule has 0 bridgehead atoms. The average molecular weight is 595 g/mol. The highest BCUT2D eigenvalue weighted by atomic mass is 32.2. The molecule has 3 aromatic carbocycles. The fourth-order valence-electron chi connectivity index (χ4n) is 6.65. The van der Waals surface area contributed by atoms with Gasteiger partial charge in [-0.05, 0) is 97.5 Å². The molecule has 0 saturated carbocycles. The van der Waals surface area contributed by atoms with Crippen molar-refractivity contribution in [2.24, 2.45) is 5.92 Å². The molecule has 2 heterocycles. The molecule has 1 fully saturated rings. The Kier molecular flexibility index (Phi) is 7.64. The van der Waals surface area contributed by atoms with Crippen molar-refractivity contribution in [3.63, 3.8) is 0 Å². The third-order valence-corrected chi connectivity index (χ3v) is 10.5. The Labute approximate surface area is 245 Å². The molecule has 9 heteroatoms. The lowest BCUT2D eigenvalue weighted by Gasteiger charge is -2.23. The normalized spacial score (nSPS) is 20.9. The predicted octanol–water partition coefficient (Wildman–Crippen LogP) is 6.33. The first-order chi connectivity index (χ1) is 20.1. The molecule has 1 aliphatic carbocycles. The van der Waals surface area contributed by atoms with Gasteiger partial charge in [-0.15, -0.1) is 0 Å². The minimum absolute atomic E-state index is 0.00999. The summed E-state index contributed by atoms with van der Waals surface area (Å²) in [5.74, 6) is 1.29. The van der Waals surface area contributed by atoms with Crippen LogP contribution >= 0.6 is 0 Å². The number of hydrogen-bond donors (Lipinski definition) is 1. The van der Waals surface area contributed by atoms with Gasteiger partial charge in [0.05, 0.1) is 31.1 Å². The minimum atomic E-state index is -2.90. The summed E-state index contributed by atoms with van der Waals surface area (Å²) in [4.78, 5) is 11.2. The second-order valence-electron chi connectivity index (χ2n) is 11.8. The molecule has 1 saturated heterocycles. The number of ether oxygens (including phenoxy) is 3. The molecule has 6 rings (SSSR count). The summed E-state index contributed by atoms with van der Waals surface area (Å²) in [5, 5.41) is 9.16. The molecular formula is C33H35FO7S. The van der Waals surface area contributed by atoms with Crippen LogP contribution < -0.4 is 14.2 Å². The smallest absolute Gasteiger partial charge is 0.304 e. The van der Waals surface area contributed by atoms with Crippen molar-refractivity contribution in [2.75, 3.05) is 24.7 Å². The largest absolute Gasteiger partial charge is 0.493 e. The second-order valence-corrected chi connectivity index (χ2v) is 14.1. The van der Waals surface area contributed by atoms with Crippen LogP contribution in [0.15, 0.2) is 42.5 Å². The maximum Gasteiger partial charge on any atom is 0.304 e. The number of rotatable bonds is 8. The lowest BCUT2D eigenvalue weighted by Crippen LogP contribution is -2.26. The summed E-state index contributed by atoms with van der Waals surface area (Å²) >= 11 is 0. The van der Waals surface area contributed by atoms with Crippen molar-refractivity contribution in [2.45, 2.75) is 58.0 Å². The van der Waals surface area contributed by atoms with Gasteiger partial charge in [-0.25, -0.2) is 12.8 Å². The van der Waals surface area contributed by atoms with Crippen LogP contribution in [0, 0.1) is 25.6 Å². The third kappa shape index (κ3) is 5.71. The van der Waals surface area contributed by atoms with Gasteiger partial charge in [-0.2, -0.15) is 0 Å². The molecule has 0 radical (unpaired) electrons. The number of halogens is 1. The SMILES string of the molecule is Cc1cc(OCC2CCS(=O)(=O)CC2)cc(C)c1-c1ccc(F)c2c1CC[C@H]2Oc1ccc2c(c1)OC[C@H]2CC(=O)O. The molecular weight excluding hydrogens is 559 g/mol. The molecule has 0 amide bonds. The van der Waals surface area contributed by atoms with E-state index < -0.39 is 21.9 Å². The van der Waals surface area contributed by atoms with Gasteiger partial charge in [0.2, 0.25) is 0 Å². The Bertz CT molecular complexity index is 1610. The van der Waals surface area contributed by atoms with Crippen LogP contribution in [-0.4, -0.2) is 44.2 Å². The Morgan fingerprint density at radius 1 is 1.02 bits per heavy atom. The number of benzene rings is 3. The highest BCUT2D eigenvalue weighted by Gasteiger charge is 2.32.